The number of carbonyl (C=O) groups excluding carboxylic acids is 1. The smallest absolute Gasteiger partial charge is 0.411 e. The van der Waals surface area contributed by atoms with Crippen LogP contribution >= 0.6 is 12.2 Å². The van der Waals surface area contributed by atoms with E-state index in [9.17, 15) is 4.79 Å². The lowest BCUT2D eigenvalue weighted by molar-refractivity contribution is 0.0177. The Balaban J connectivity index is 2.09. The third-order valence-corrected chi connectivity index (χ3v) is 3.34. The van der Waals surface area contributed by atoms with Crippen LogP contribution < -0.4 is 5.32 Å². The summed E-state index contributed by atoms with van der Waals surface area (Å²) < 4.78 is 5.41. The molecule has 0 aliphatic carbocycles. The lowest BCUT2D eigenvalue weighted by Gasteiger charge is -2.36. The van der Waals surface area contributed by atoms with Crippen LogP contribution in [0.1, 0.15) is 33.6 Å². The first-order valence-electron chi connectivity index (χ1n) is 5.67. The van der Waals surface area contributed by atoms with E-state index in [-0.39, 0.29) is 18.2 Å². The Morgan fingerprint density at radius 2 is 2.19 bits per heavy atom. The molecule has 1 amide bonds. The highest BCUT2D eigenvalue weighted by atomic mass is 32.1. The van der Waals surface area contributed by atoms with Crippen LogP contribution in [0.2, 0.25) is 0 Å². The monoisotopic (exact) mass is 242 g/mol. The van der Waals surface area contributed by atoms with Crippen molar-refractivity contribution < 1.29 is 9.53 Å². The fraction of sp³-hybridized carbons (Fsp3) is 0.818. The highest BCUT2D eigenvalue weighted by Gasteiger charge is 2.44. The summed E-state index contributed by atoms with van der Waals surface area (Å²) in [6.07, 6.45) is 1.73. The average molecular weight is 242 g/mol. The Morgan fingerprint density at radius 3 is 2.81 bits per heavy atom. The molecule has 2 aliphatic rings. The second-order valence-electron chi connectivity index (χ2n) is 5.38. The van der Waals surface area contributed by atoms with Crippen LogP contribution in [-0.4, -0.2) is 40.2 Å². The molecule has 2 bridgehead atoms. The number of thiocarbonyl (C=S) groups is 1. The first kappa shape index (κ1) is 11.6. The summed E-state index contributed by atoms with van der Waals surface area (Å²) in [5, 5.41) is 3.17. The fourth-order valence-corrected chi connectivity index (χ4v) is 2.58. The Hall–Kier alpha value is -0.840. The molecule has 0 unspecified atom stereocenters. The fourth-order valence-electron chi connectivity index (χ4n) is 2.27. The quantitative estimate of drug-likeness (QED) is 0.656. The minimum absolute atomic E-state index is 0.0450. The molecule has 2 aliphatic heterocycles. The van der Waals surface area contributed by atoms with Crippen molar-refractivity contribution in [2.45, 2.75) is 51.3 Å². The molecular weight excluding hydrogens is 224 g/mol. The molecule has 1 N–H and O–H groups in total. The molecule has 0 saturated carbocycles. The van der Waals surface area contributed by atoms with Crippen LogP contribution in [0.25, 0.3) is 0 Å². The Labute approximate surface area is 101 Å². The molecular formula is C11H18N2O2S. The molecule has 0 radical (unpaired) electrons. The predicted molar refractivity (Wildman–Crippen MR) is 65.5 cm³/mol. The maximum absolute atomic E-state index is 12.0. The van der Waals surface area contributed by atoms with Crippen molar-refractivity contribution in [3.8, 4) is 0 Å². The average Bonchev–Trinajstić information content (AvgIpc) is 2.46. The van der Waals surface area contributed by atoms with Crippen molar-refractivity contribution in [2.24, 2.45) is 0 Å². The van der Waals surface area contributed by atoms with Crippen LogP contribution in [0.4, 0.5) is 4.79 Å². The molecule has 5 heteroatoms. The van der Waals surface area contributed by atoms with E-state index in [0.29, 0.717) is 0 Å². The number of amides is 1. The first-order valence-corrected chi connectivity index (χ1v) is 6.08. The standard InChI is InChI=1S/C11H18N2O2S/c1-11(2,3)15-10(14)13-7-4-5-8(13)9(16)12-6-7/h7-8H,4-6H2,1-3H3,(H,12,16)/t7-,8+/m1/s1. The molecule has 0 spiro atoms. The van der Waals surface area contributed by atoms with Crippen molar-refractivity contribution >= 4 is 23.3 Å². The molecule has 16 heavy (non-hydrogen) atoms. The number of piperazine rings is 1. The molecule has 2 fully saturated rings. The topological polar surface area (TPSA) is 41.6 Å². The minimum Gasteiger partial charge on any atom is -0.444 e. The summed E-state index contributed by atoms with van der Waals surface area (Å²) in [7, 11) is 0. The molecule has 4 nitrogen and oxygen atoms in total. The largest absolute Gasteiger partial charge is 0.444 e. The van der Waals surface area contributed by atoms with Crippen LogP contribution in [0.15, 0.2) is 0 Å². The number of ether oxygens (including phenoxy) is 1. The van der Waals surface area contributed by atoms with E-state index >= 15 is 0 Å². The summed E-state index contributed by atoms with van der Waals surface area (Å²) in [6, 6.07) is 0.287. The van der Waals surface area contributed by atoms with Gasteiger partial charge in [0, 0.05) is 6.54 Å². The highest BCUT2D eigenvalue weighted by molar-refractivity contribution is 7.80. The Bertz CT molecular complexity index is 324. The first-order chi connectivity index (χ1) is 7.38. The maximum Gasteiger partial charge on any atom is 0.411 e. The summed E-state index contributed by atoms with van der Waals surface area (Å²) in [6.45, 7) is 6.41. The lowest BCUT2D eigenvalue weighted by Crippen LogP contribution is -2.57. The van der Waals surface area contributed by atoms with E-state index in [0.717, 1.165) is 24.4 Å². The van der Waals surface area contributed by atoms with Gasteiger partial charge in [0.25, 0.3) is 0 Å². The third kappa shape index (κ3) is 2.14. The zero-order chi connectivity index (χ0) is 11.9. The maximum atomic E-state index is 12.0. The van der Waals surface area contributed by atoms with Crippen LogP contribution in [0, 0.1) is 0 Å². The van der Waals surface area contributed by atoms with Gasteiger partial charge in [-0.2, -0.15) is 0 Å². The number of hydrogen-bond acceptors (Lipinski definition) is 3. The van der Waals surface area contributed by atoms with Crippen LogP contribution in [-0.2, 0) is 4.74 Å². The number of fused-ring (bicyclic) bond motifs is 2. The van der Waals surface area contributed by atoms with Gasteiger partial charge in [-0.1, -0.05) is 12.2 Å². The van der Waals surface area contributed by atoms with Crippen molar-refractivity contribution in [3.63, 3.8) is 0 Å². The zero-order valence-electron chi connectivity index (χ0n) is 9.95. The van der Waals surface area contributed by atoms with Gasteiger partial charge < -0.3 is 10.1 Å². The molecule has 90 valence electrons. The SMILES string of the molecule is CC(C)(C)OC(=O)N1[C@@H]2CC[C@H]1C(=S)NC2. The summed E-state index contributed by atoms with van der Waals surface area (Å²) in [4.78, 5) is 14.6. The van der Waals surface area contributed by atoms with E-state index in [4.69, 9.17) is 17.0 Å². The number of hydrogen-bond donors (Lipinski definition) is 1. The molecule has 2 rings (SSSR count). The number of rotatable bonds is 0. The number of nitrogens with one attached hydrogen (secondary N) is 1. The van der Waals surface area contributed by atoms with Gasteiger partial charge in [0.05, 0.1) is 17.1 Å². The van der Waals surface area contributed by atoms with Gasteiger partial charge in [-0.15, -0.1) is 0 Å². The van der Waals surface area contributed by atoms with Crippen molar-refractivity contribution in [3.05, 3.63) is 0 Å². The van der Waals surface area contributed by atoms with E-state index in [1.54, 1.807) is 0 Å². The molecule has 0 aromatic heterocycles. The summed E-state index contributed by atoms with van der Waals surface area (Å²) in [5.41, 5.74) is -0.441. The van der Waals surface area contributed by atoms with Gasteiger partial charge in [-0.3, -0.25) is 4.90 Å². The second kappa shape index (κ2) is 3.87. The highest BCUT2D eigenvalue weighted by Crippen LogP contribution is 2.29. The molecule has 0 aromatic rings. The van der Waals surface area contributed by atoms with Crippen LogP contribution in [0.3, 0.4) is 0 Å². The van der Waals surface area contributed by atoms with Crippen LogP contribution in [0.5, 0.6) is 0 Å². The van der Waals surface area contributed by atoms with Crippen molar-refractivity contribution in [1.82, 2.24) is 10.2 Å². The molecule has 0 aromatic carbocycles. The predicted octanol–water partition coefficient (Wildman–Crippen LogP) is 1.69. The number of carbonyl (C=O) groups is 1. The zero-order valence-corrected chi connectivity index (χ0v) is 10.8. The molecule has 2 atom stereocenters. The molecule has 2 heterocycles. The lowest BCUT2D eigenvalue weighted by atomic mass is 10.2. The van der Waals surface area contributed by atoms with Gasteiger partial charge in [-0.25, -0.2) is 4.79 Å². The Kier molecular flexibility index (Phi) is 2.82. The van der Waals surface area contributed by atoms with Gasteiger partial charge in [-0.05, 0) is 33.6 Å². The third-order valence-electron chi connectivity index (χ3n) is 2.92. The van der Waals surface area contributed by atoms with E-state index in [1.165, 1.54) is 0 Å². The van der Waals surface area contributed by atoms with Gasteiger partial charge >= 0.3 is 6.09 Å². The van der Waals surface area contributed by atoms with E-state index in [1.807, 2.05) is 25.7 Å². The normalized spacial score (nSPS) is 28.9. The van der Waals surface area contributed by atoms with Gasteiger partial charge in [0.1, 0.15) is 5.60 Å². The summed E-state index contributed by atoms with van der Waals surface area (Å²) >= 11 is 5.23. The van der Waals surface area contributed by atoms with Crippen molar-refractivity contribution in [2.75, 3.05) is 6.54 Å². The van der Waals surface area contributed by atoms with Gasteiger partial charge in [0.15, 0.2) is 0 Å². The summed E-state index contributed by atoms with van der Waals surface area (Å²) in [5.74, 6) is 0. The number of nitrogens with zero attached hydrogens (tertiary/aromatic N) is 1. The second-order valence-corrected chi connectivity index (χ2v) is 5.82. The van der Waals surface area contributed by atoms with E-state index in [2.05, 4.69) is 5.32 Å². The Morgan fingerprint density at radius 1 is 1.50 bits per heavy atom. The van der Waals surface area contributed by atoms with E-state index < -0.39 is 5.60 Å². The van der Waals surface area contributed by atoms with Gasteiger partial charge in [0.2, 0.25) is 0 Å². The molecule has 2 saturated heterocycles. The van der Waals surface area contributed by atoms with Crippen molar-refractivity contribution in [1.29, 1.82) is 0 Å². The minimum atomic E-state index is -0.441.